The van der Waals surface area contributed by atoms with Crippen LogP contribution in [0.5, 0.6) is 0 Å². The zero-order chi connectivity index (χ0) is 18.5. The highest BCUT2D eigenvalue weighted by molar-refractivity contribution is 7.50. The van der Waals surface area contributed by atoms with E-state index in [0.717, 1.165) is 19.3 Å². The molecule has 0 aromatic heterocycles. The minimum Gasteiger partial charge on any atom is -0.313 e. The van der Waals surface area contributed by atoms with Crippen molar-refractivity contribution in [2.45, 2.75) is 38.2 Å². The average Bonchev–Trinajstić information content (AvgIpc) is 2.54. The summed E-state index contributed by atoms with van der Waals surface area (Å²) in [6, 6.07) is 14.1. The van der Waals surface area contributed by atoms with Crippen LogP contribution in [0.1, 0.15) is 43.7 Å². The quantitative estimate of drug-likeness (QED) is 0.426. The number of hydrogen-bond acceptors (Lipinski definition) is 2. The fraction of sp³-hybridized carbons (Fsp3) is 0.333. The van der Waals surface area contributed by atoms with Crippen LogP contribution in [-0.4, -0.2) is 4.89 Å². The summed E-state index contributed by atoms with van der Waals surface area (Å²) in [5.74, 6) is 0. The van der Waals surface area contributed by atoms with Crippen LogP contribution in [0.4, 0.5) is 0 Å². The molecule has 0 heterocycles. The van der Waals surface area contributed by atoms with Crippen molar-refractivity contribution in [3.63, 3.8) is 0 Å². The molecule has 2 aromatic carbocycles. The van der Waals surface area contributed by atoms with Crippen LogP contribution in [0.3, 0.4) is 0 Å². The van der Waals surface area contributed by atoms with E-state index >= 15 is 0 Å². The summed E-state index contributed by atoms with van der Waals surface area (Å²) in [7, 11) is -4.32. The SMILES string of the molecule is CCCCCC(OP(N)(=O)O)(c1ccccc1Cl)c1ccccc1Cl. The Kier molecular flexibility index (Phi) is 7.10. The van der Waals surface area contributed by atoms with Crippen molar-refractivity contribution in [2.24, 2.45) is 5.50 Å². The summed E-state index contributed by atoms with van der Waals surface area (Å²) in [6.45, 7) is 2.08. The lowest BCUT2D eigenvalue weighted by Gasteiger charge is -2.36. The van der Waals surface area contributed by atoms with Gasteiger partial charge in [-0.25, -0.2) is 10.1 Å². The molecule has 25 heavy (non-hydrogen) atoms. The summed E-state index contributed by atoms with van der Waals surface area (Å²) in [5.41, 5.74) is 5.24. The molecule has 136 valence electrons. The molecule has 0 radical (unpaired) electrons. The summed E-state index contributed by atoms with van der Waals surface area (Å²) in [4.78, 5) is 9.84. The molecule has 4 nitrogen and oxygen atoms in total. The Hall–Kier alpha value is -0.870. The molecular formula is C18H22Cl2NO3P. The van der Waals surface area contributed by atoms with Gasteiger partial charge in [0.05, 0.1) is 0 Å². The molecule has 0 fully saturated rings. The Morgan fingerprint density at radius 3 is 1.92 bits per heavy atom. The predicted octanol–water partition coefficient (Wildman–Crippen LogP) is 5.89. The third-order valence-electron chi connectivity index (χ3n) is 4.04. The van der Waals surface area contributed by atoms with Gasteiger partial charge in [-0.05, 0) is 25.0 Å². The van der Waals surface area contributed by atoms with Crippen molar-refractivity contribution in [3.05, 3.63) is 69.7 Å². The second-order valence-electron chi connectivity index (χ2n) is 5.90. The largest absolute Gasteiger partial charge is 0.401 e. The fourth-order valence-corrected chi connectivity index (χ4v) is 4.29. The molecule has 0 aliphatic rings. The first-order chi connectivity index (χ1) is 11.8. The van der Waals surface area contributed by atoms with Gasteiger partial charge in [-0.15, -0.1) is 0 Å². The van der Waals surface area contributed by atoms with Crippen molar-refractivity contribution in [3.8, 4) is 0 Å². The van der Waals surface area contributed by atoms with Gasteiger partial charge in [0.2, 0.25) is 0 Å². The average molecular weight is 402 g/mol. The molecule has 2 rings (SSSR count). The van der Waals surface area contributed by atoms with E-state index < -0.39 is 13.3 Å². The predicted molar refractivity (Wildman–Crippen MR) is 103 cm³/mol. The third kappa shape index (κ3) is 5.07. The first-order valence-electron chi connectivity index (χ1n) is 8.12. The van der Waals surface area contributed by atoms with Gasteiger partial charge in [-0.2, -0.15) is 0 Å². The van der Waals surface area contributed by atoms with E-state index in [2.05, 4.69) is 6.92 Å². The van der Waals surface area contributed by atoms with Crippen LogP contribution in [0.2, 0.25) is 10.0 Å². The van der Waals surface area contributed by atoms with Crippen molar-refractivity contribution < 1.29 is 14.0 Å². The molecule has 2 aromatic rings. The first kappa shape index (κ1) is 20.4. The molecule has 7 heteroatoms. The van der Waals surface area contributed by atoms with E-state index in [1.165, 1.54) is 0 Å². The molecule has 0 saturated heterocycles. The second kappa shape index (κ2) is 8.68. The minimum absolute atomic E-state index is 0.423. The normalized spacial score (nSPS) is 14.3. The van der Waals surface area contributed by atoms with Crippen molar-refractivity contribution in [1.82, 2.24) is 0 Å². The maximum Gasteiger partial charge on any atom is 0.401 e. The Morgan fingerprint density at radius 2 is 1.52 bits per heavy atom. The van der Waals surface area contributed by atoms with Gasteiger partial charge in [-0.3, -0.25) is 4.52 Å². The highest BCUT2D eigenvalue weighted by Crippen LogP contribution is 2.52. The number of rotatable bonds is 8. The zero-order valence-electron chi connectivity index (χ0n) is 14.0. The van der Waals surface area contributed by atoms with Crippen LogP contribution in [0.15, 0.2) is 48.5 Å². The molecule has 3 N–H and O–H groups in total. The molecule has 0 spiro atoms. The lowest BCUT2D eigenvalue weighted by Crippen LogP contribution is -2.32. The first-order valence-corrected chi connectivity index (χ1v) is 10.5. The Labute approximate surface area is 158 Å². The van der Waals surface area contributed by atoms with E-state index in [1.807, 2.05) is 0 Å². The van der Waals surface area contributed by atoms with Gasteiger partial charge in [0, 0.05) is 21.2 Å². The van der Waals surface area contributed by atoms with Gasteiger partial charge >= 0.3 is 7.75 Å². The van der Waals surface area contributed by atoms with Crippen molar-refractivity contribution in [2.75, 3.05) is 0 Å². The molecule has 1 unspecified atom stereocenters. The Morgan fingerprint density at radius 1 is 1.04 bits per heavy atom. The number of hydrogen-bond donors (Lipinski definition) is 2. The molecule has 0 bridgehead atoms. The number of benzene rings is 2. The van der Waals surface area contributed by atoms with Gasteiger partial charge in [-0.1, -0.05) is 79.4 Å². The van der Waals surface area contributed by atoms with Crippen LogP contribution < -0.4 is 5.50 Å². The van der Waals surface area contributed by atoms with E-state index in [1.54, 1.807) is 48.5 Å². The van der Waals surface area contributed by atoms with Gasteiger partial charge < -0.3 is 4.89 Å². The van der Waals surface area contributed by atoms with Crippen LogP contribution in [-0.2, 0) is 14.7 Å². The van der Waals surface area contributed by atoms with E-state index in [4.69, 9.17) is 33.2 Å². The maximum atomic E-state index is 12.1. The standard InChI is InChI=1S/C18H22Cl2NO3P/c1-2-3-8-13-18(24-25(21,22)23,14-9-4-6-11-16(14)19)15-10-5-7-12-17(15)20/h4-7,9-12H,2-3,8,13H2,1H3,(H3,21,22,23). The van der Waals surface area contributed by atoms with Crippen LogP contribution in [0, 0.1) is 0 Å². The molecular weight excluding hydrogens is 380 g/mol. The Balaban J connectivity index is 2.71. The van der Waals surface area contributed by atoms with E-state index in [0.29, 0.717) is 27.6 Å². The van der Waals surface area contributed by atoms with Crippen molar-refractivity contribution in [1.29, 1.82) is 0 Å². The Bertz CT molecular complexity index is 718. The summed E-state index contributed by atoms with van der Waals surface area (Å²) in [6.07, 6.45) is 3.10. The number of halogens is 2. The molecule has 0 saturated carbocycles. The van der Waals surface area contributed by atoms with Crippen LogP contribution >= 0.6 is 30.9 Å². The lowest BCUT2D eigenvalue weighted by molar-refractivity contribution is 0.0811. The maximum absolute atomic E-state index is 12.1. The summed E-state index contributed by atoms with van der Waals surface area (Å²) >= 11 is 12.8. The van der Waals surface area contributed by atoms with E-state index in [9.17, 15) is 9.46 Å². The highest BCUT2D eigenvalue weighted by Gasteiger charge is 2.42. The molecule has 0 aliphatic heterocycles. The van der Waals surface area contributed by atoms with E-state index in [-0.39, 0.29) is 0 Å². The van der Waals surface area contributed by atoms with Gasteiger partial charge in [0.1, 0.15) is 5.60 Å². The smallest absolute Gasteiger partial charge is 0.313 e. The lowest BCUT2D eigenvalue weighted by atomic mass is 9.82. The van der Waals surface area contributed by atoms with Crippen LogP contribution in [0.25, 0.3) is 0 Å². The van der Waals surface area contributed by atoms with Gasteiger partial charge in [0.15, 0.2) is 0 Å². The second-order valence-corrected chi connectivity index (χ2v) is 8.02. The third-order valence-corrected chi connectivity index (χ3v) is 5.27. The topological polar surface area (TPSA) is 72.5 Å². The summed E-state index contributed by atoms with van der Waals surface area (Å²) in [5, 5.41) is 0.847. The highest BCUT2D eigenvalue weighted by atomic mass is 35.5. The monoisotopic (exact) mass is 401 g/mol. The van der Waals surface area contributed by atoms with Gasteiger partial charge in [0.25, 0.3) is 0 Å². The molecule has 0 amide bonds. The number of unbranched alkanes of at least 4 members (excludes halogenated alkanes) is 2. The van der Waals surface area contributed by atoms with Crippen molar-refractivity contribution >= 4 is 30.9 Å². The minimum atomic E-state index is -4.32. The summed E-state index contributed by atoms with van der Waals surface area (Å²) < 4.78 is 17.7. The molecule has 0 aliphatic carbocycles. The fourth-order valence-electron chi connectivity index (χ4n) is 2.98. The number of nitrogens with two attached hydrogens (primary N) is 1. The zero-order valence-corrected chi connectivity index (χ0v) is 16.4. The molecule has 1 atom stereocenters.